The summed E-state index contributed by atoms with van der Waals surface area (Å²) in [5, 5.41) is 3.15. The second kappa shape index (κ2) is 11.0. The van der Waals surface area contributed by atoms with Gasteiger partial charge in [-0.15, -0.1) is 0 Å². The highest BCUT2D eigenvalue weighted by Crippen LogP contribution is 2.24. The Morgan fingerprint density at radius 3 is 2.57 bits per heavy atom. The van der Waals surface area contributed by atoms with Crippen molar-refractivity contribution < 1.29 is 4.74 Å². The van der Waals surface area contributed by atoms with Gasteiger partial charge >= 0.3 is 0 Å². The molecule has 0 aliphatic carbocycles. The fourth-order valence-corrected chi connectivity index (χ4v) is 3.77. The number of rotatable bonds is 8. The topological polar surface area (TPSA) is 66.1 Å². The molecule has 2 aromatic carbocycles. The zero-order chi connectivity index (χ0) is 21.3. The van der Waals surface area contributed by atoms with E-state index in [0.717, 1.165) is 44.0 Å². The summed E-state index contributed by atoms with van der Waals surface area (Å²) in [6.07, 6.45) is 1.15. The number of benzene rings is 2. The first-order chi connectivity index (χ1) is 14.5. The Bertz CT molecular complexity index is 791. The molecule has 1 aliphatic heterocycles. The van der Waals surface area contributed by atoms with Gasteiger partial charge in [0.25, 0.3) is 0 Å². The highest BCUT2D eigenvalue weighted by molar-refractivity contribution is 5.92. The van der Waals surface area contributed by atoms with Gasteiger partial charge in [0.15, 0.2) is 5.96 Å². The van der Waals surface area contributed by atoms with Gasteiger partial charge in [0.2, 0.25) is 0 Å². The minimum atomic E-state index is 0.164. The Hall–Kier alpha value is -2.57. The second-order valence-corrected chi connectivity index (χ2v) is 8.16. The van der Waals surface area contributed by atoms with Crippen LogP contribution in [0, 0.1) is 0 Å². The van der Waals surface area contributed by atoms with Gasteiger partial charge in [-0.3, -0.25) is 9.89 Å². The van der Waals surface area contributed by atoms with Crippen molar-refractivity contribution in [3.63, 3.8) is 0 Å². The smallest absolute Gasteiger partial charge is 0.193 e. The number of nitrogens with two attached hydrogens (primary N) is 1. The normalized spacial score (nSPS) is 18.5. The molecule has 1 aliphatic rings. The van der Waals surface area contributed by atoms with Gasteiger partial charge in [-0.2, -0.15) is 0 Å². The van der Waals surface area contributed by atoms with E-state index in [-0.39, 0.29) is 6.10 Å². The Labute approximate surface area is 180 Å². The Morgan fingerprint density at radius 1 is 1.13 bits per heavy atom. The zero-order valence-corrected chi connectivity index (χ0v) is 18.4. The van der Waals surface area contributed by atoms with E-state index < -0.39 is 0 Å². The standard InChI is InChI=1S/C24H35N5O/c1-19(2)30-22-12-10-21(11-13-22)27-24(25)26-14-7-15-29-17-16-28(3)18-23(29)20-8-5-4-6-9-20/h4-6,8-13,19,23H,7,14-18H2,1-3H3,(H3,25,26,27). The summed E-state index contributed by atoms with van der Waals surface area (Å²) in [4.78, 5) is 9.48. The number of aliphatic imine (C=N–C) groups is 1. The molecule has 3 N–H and O–H groups in total. The summed E-state index contributed by atoms with van der Waals surface area (Å²) in [7, 11) is 2.20. The van der Waals surface area contributed by atoms with Crippen LogP contribution in [0.1, 0.15) is 31.9 Å². The van der Waals surface area contributed by atoms with Crippen LogP contribution in [-0.4, -0.2) is 61.6 Å². The van der Waals surface area contributed by atoms with E-state index >= 15 is 0 Å². The molecule has 1 fully saturated rings. The highest BCUT2D eigenvalue weighted by Gasteiger charge is 2.25. The van der Waals surface area contributed by atoms with Gasteiger partial charge in [0.1, 0.15) is 5.75 Å². The van der Waals surface area contributed by atoms with Crippen molar-refractivity contribution in [1.29, 1.82) is 0 Å². The van der Waals surface area contributed by atoms with Gasteiger partial charge < -0.3 is 20.7 Å². The van der Waals surface area contributed by atoms with Crippen LogP contribution in [0.4, 0.5) is 5.69 Å². The molecular weight excluding hydrogens is 374 g/mol. The fourth-order valence-electron chi connectivity index (χ4n) is 3.77. The lowest BCUT2D eigenvalue weighted by Gasteiger charge is -2.40. The van der Waals surface area contributed by atoms with Gasteiger partial charge in [0.05, 0.1) is 6.10 Å². The first-order valence-electron chi connectivity index (χ1n) is 10.8. The molecular formula is C24H35N5O. The van der Waals surface area contributed by atoms with Gasteiger partial charge in [-0.25, -0.2) is 0 Å². The molecule has 0 amide bonds. The second-order valence-electron chi connectivity index (χ2n) is 8.16. The molecule has 0 bridgehead atoms. The minimum absolute atomic E-state index is 0.164. The number of guanidine groups is 1. The summed E-state index contributed by atoms with van der Waals surface area (Å²) in [5.74, 6) is 1.30. The maximum atomic E-state index is 6.07. The average molecular weight is 410 g/mol. The lowest BCUT2D eigenvalue weighted by Crippen LogP contribution is -2.47. The molecule has 1 saturated heterocycles. The molecule has 162 valence electrons. The number of ether oxygens (including phenoxy) is 1. The molecule has 0 spiro atoms. The van der Waals surface area contributed by atoms with Crippen LogP contribution in [0.2, 0.25) is 0 Å². The van der Waals surface area contributed by atoms with Crippen molar-refractivity contribution in [2.75, 3.05) is 45.1 Å². The monoisotopic (exact) mass is 409 g/mol. The number of hydrogen-bond acceptors (Lipinski definition) is 4. The number of piperazine rings is 1. The Kier molecular flexibility index (Phi) is 8.11. The van der Waals surface area contributed by atoms with E-state index in [4.69, 9.17) is 10.5 Å². The van der Waals surface area contributed by atoms with E-state index in [2.05, 4.69) is 57.5 Å². The van der Waals surface area contributed by atoms with E-state index in [9.17, 15) is 0 Å². The van der Waals surface area contributed by atoms with E-state index in [0.29, 0.717) is 18.5 Å². The lowest BCUT2D eigenvalue weighted by atomic mass is 10.0. The lowest BCUT2D eigenvalue weighted by molar-refractivity contribution is 0.0894. The molecule has 1 atom stereocenters. The number of nitrogens with one attached hydrogen (secondary N) is 1. The van der Waals surface area contributed by atoms with E-state index in [1.165, 1.54) is 5.56 Å². The maximum absolute atomic E-state index is 6.07. The molecule has 3 rings (SSSR count). The molecule has 0 aromatic heterocycles. The van der Waals surface area contributed by atoms with Gasteiger partial charge in [0, 0.05) is 44.5 Å². The predicted molar refractivity (Wildman–Crippen MR) is 125 cm³/mol. The van der Waals surface area contributed by atoms with Crippen LogP contribution >= 0.6 is 0 Å². The number of hydrogen-bond donors (Lipinski definition) is 2. The summed E-state index contributed by atoms with van der Waals surface area (Å²) in [6, 6.07) is 19.0. The van der Waals surface area contributed by atoms with E-state index in [1.807, 2.05) is 38.1 Å². The first kappa shape index (κ1) is 22.1. The predicted octanol–water partition coefficient (Wildman–Crippen LogP) is 3.58. The minimum Gasteiger partial charge on any atom is -0.491 e. The third kappa shape index (κ3) is 6.75. The molecule has 30 heavy (non-hydrogen) atoms. The largest absolute Gasteiger partial charge is 0.491 e. The molecule has 0 radical (unpaired) electrons. The van der Waals surface area contributed by atoms with Crippen molar-refractivity contribution in [3.05, 3.63) is 60.2 Å². The quantitative estimate of drug-likeness (QED) is 0.396. The summed E-state index contributed by atoms with van der Waals surface area (Å²) >= 11 is 0. The zero-order valence-electron chi connectivity index (χ0n) is 18.4. The Morgan fingerprint density at radius 2 is 1.87 bits per heavy atom. The average Bonchev–Trinajstić information content (AvgIpc) is 2.74. The van der Waals surface area contributed by atoms with Crippen LogP contribution in [0.15, 0.2) is 59.6 Å². The van der Waals surface area contributed by atoms with Crippen molar-refractivity contribution in [2.24, 2.45) is 10.7 Å². The van der Waals surface area contributed by atoms with Gasteiger partial charge in [-0.1, -0.05) is 30.3 Å². The number of likely N-dealkylation sites (N-methyl/N-ethyl adjacent to an activating group) is 1. The molecule has 2 aromatic rings. The third-order valence-electron chi connectivity index (χ3n) is 5.26. The molecule has 1 heterocycles. The van der Waals surface area contributed by atoms with Crippen LogP contribution in [0.3, 0.4) is 0 Å². The highest BCUT2D eigenvalue weighted by atomic mass is 16.5. The first-order valence-corrected chi connectivity index (χ1v) is 10.8. The van der Waals surface area contributed by atoms with Crippen molar-refractivity contribution in [2.45, 2.75) is 32.4 Å². The molecule has 6 heteroatoms. The number of nitrogens with zero attached hydrogens (tertiary/aromatic N) is 3. The fraction of sp³-hybridized carbons (Fsp3) is 0.458. The molecule has 6 nitrogen and oxygen atoms in total. The van der Waals surface area contributed by atoms with Crippen molar-refractivity contribution >= 4 is 11.6 Å². The summed E-state index contributed by atoms with van der Waals surface area (Å²) < 4.78 is 5.66. The third-order valence-corrected chi connectivity index (χ3v) is 5.26. The van der Waals surface area contributed by atoms with Crippen LogP contribution in [0.25, 0.3) is 0 Å². The molecule has 1 unspecified atom stereocenters. The summed E-state index contributed by atoms with van der Waals surface area (Å²) in [6.45, 7) is 9.01. The van der Waals surface area contributed by atoms with Crippen LogP contribution < -0.4 is 15.8 Å². The van der Waals surface area contributed by atoms with Gasteiger partial charge in [-0.05, 0) is 57.1 Å². The Balaban J connectivity index is 1.47. The maximum Gasteiger partial charge on any atom is 0.193 e. The molecule has 0 saturated carbocycles. The van der Waals surface area contributed by atoms with Crippen LogP contribution in [-0.2, 0) is 0 Å². The van der Waals surface area contributed by atoms with Crippen LogP contribution in [0.5, 0.6) is 5.75 Å². The van der Waals surface area contributed by atoms with E-state index in [1.54, 1.807) is 0 Å². The van der Waals surface area contributed by atoms with Crippen molar-refractivity contribution in [3.8, 4) is 5.75 Å². The summed E-state index contributed by atoms with van der Waals surface area (Å²) in [5.41, 5.74) is 8.37. The number of anilines is 1. The van der Waals surface area contributed by atoms with Crippen molar-refractivity contribution in [1.82, 2.24) is 9.80 Å². The SMILES string of the molecule is CC(C)Oc1ccc(NC(N)=NCCCN2CCN(C)CC2c2ccccc2)cc1.